The van der Waals surface area contributed by atoms with Crippen molar-refractivity contribution in [1.29, 1.82) is 0 Å². The summed E-state index contributed by atoms with van der Waals surface area (Å²) in [5.41, 5.74) is 0.303. The topological polar surface area (TPSA) is 87.5 Å². The highest BCUT2D eigenvalue weighted by molar-refractivity contribution is 9.10. The summed E-state index contributed by atoms with van der Waals surface area (Å²) in [6, 6.07) is -0.697. The molecule has 0 bridgehead atoms. The van der Waals surface area contributed by atoms with E-state index in [1.165, 1.54) is 4.68 Å². The Bertz CT molecular complexity index is 587. The van der Waals surface area contributed by atoms with E-state index in [-0.39, 0.29) is 5.56 Å². The van der Waals surface area contributed by atoms with Gasteiger partial charge in [0.15, 0.2) is 0 Å². The number of carbonyl (C=O) groups is 1. The zero-order chi connectivity index (χ0) is 15.6. The fourth-order valence-electron chi connectivity index (χ4n) is 2.35. The number of aromatic nitrogens is 2. The molecule has 8 heteroatoms. The zero-order valence-electron chi connectivity index (χ0n) is 12.0. The molecule has 1 unspecified atom stereocenters. The van der Waals surface area contributed by atoms with Crippen molar-refractivity contribution in [1.82, 2.24) is 15.1 Å². The molecule has 1 fully saturated rings. The van der Waals surface area contributed by atoms with Gasteiger partial charge < -0.3 is 15.3 Å². The molecule has 1 aliphatic heterocycles. The Labute approximate surface area is 131 Å². The van der Waals surface area contributed by atoms with Crippen LogP contribution in [0.2, 0.25) is 0 Å². The smallest absolute Gasteiger partial charge is 0.327 e. The second kappa shape index (κ2) is 6.57. The van der Waals surface area contributed by atoms with E-state index < -0.39 is 12.0 Å². The van der Waals surface area contributed by atoms with E-state index in [0.29, 0.717) is 42.3 Å². The molecule has 2 rings (SSSR count). The molecule has 1 aromatic heterocycles. The van der Waals surface area contributed by atoms with Crippen molar-refractivity contribution in [3.63, 3.8) is 0 Å². The maximum absolute atomic E-state index is 12.3. The molecule has 0 radical (unpaired) electrons. The van der Waals surface area contributed by atoms with E-state index in [1.54, 1.807) is 11.1 Å². The van der Waals surface area contributed by atoms with Crippen LogP contribution in [0.3, 0.4) is 0 Å². The molecule has 7 nitrogen and oxygen atoms in total. The predicted octanol–water partition coefficient (Wildman–Crippen LogP) is 0.525. The minimum absolute atomic E-state index is 0.233. The maximum atomic E-state index is 12.3. The molecule has 0 aliphatic carbocycles. The van der Waals surface area contributed by atoms with E-state index in [1.807, 2.05) is 13.8 Å². The van der Waals surface area contributed by atoms with E-state index in [0.717, 1.165) is 0 Å². The van der Waals surface area contributed by atoms with E-state index in [9.17, 15) is 14.7 Å². The van der Waals surface area contributed by atoms with Crippen molar-refractivity contribution >= 4 is 27.6 Å². The van der Waals surface area contributed by atoms with Gasteiger partial charge in [0.05, 0.1) is 11.9 Å². The molecule has 21 heavy (non-hydrogen) atoms. The lowest BCUT2D eigenvalue weighted by Crippen LogP contribution is -2.55. The van der Waals surface area contributed by atoms with Crippen LogP contribution in [0.1, 0.15) is 13.8 Å². The lowest BCUT2D eigenvalue weighted by atomic mass is 10.2. The second-order valence-electron chi connectivity index (χ2n) is 5.48. The van der Waals surface area contributed by atoms with Gasteiger partial charge in [-0.2, -0.15) is 5.10 Å². The van der Waals surface area contributed by atoms with Crippen molar-refractivity contribution < 1.29 is 9.90 Å². The number of aliphatic carboxylic acids is 1. The molecule has 116 valence electrons. The van der Waals surface area contributed by atoms with Crippen LogP contribution in [0, 0.1) is 5.92 Å². The van der Waals surface area contributed by atoms with Gasteiger partial charge in [0.2, 0.25) is 0 Å². The lowest BCUT2D eigenvalue weighted by molar-refractivity contribution is -0.138. The van der Waals surface area contributed by atoms with E-state index >= 15 is 0 Å². The zero-order valence-corrected chi connectivity index (χ0v) is 13.6. The van der Waals surface area contributed by atoms with Gasteiger partial charge in [0.1, 0.15) is 10.5 Å². The van der Waals surface area contributed by atoms with Crippen LogP contribution in [0.25, 0.3) is 0 Å². The molecular weight excluding hydrogens is 340 g/mol. The van der Waals surface area contributed by atoms with E-state index in [4.69, 9.17) is 0 Å². The highest BCUT2D eigenvalue weighted by Crippen LogP contribution is 2.24. The summed E-state index contributed by atoms with van der Waals surface area (Å²) in [5.74, 6) is -0.612. The van der Waals surface area contributed by atoms with Gasteiger partial charge in [0, 0.05) is 26.2 Å². The molecule has 0 spiro atoms. The molecule has 1 atom stereocenters. The van der Waals surface area contributed by atoms with Crippen molar-refractivity contribution in [2.75, 3.05) is 24.5 Å². The van der Waals surface area contributed by atoms with Gasteiger partial charge in [-0.25, -0.2) is 9.48 Å². The minimum atomic E-state index is -0.916. The fraction of sp³-hybridized carbons (Fsp3) is 0.615. The molecule has 2 N–H and O–H groups in total. The van der Waals surface area contributed by atoms with Crippen molar-refractivity contribution in [3.05, 3.63) is 21.0 Å². The number of halogens is 1. The van der Waals surface area contributed by atoms with Crippen LogP contribution < -0.4 is 15.8 Å². The van der Waals surface area contributed by atoms with Gasteiger partial charge in [-0.1, -0.05) is 13.8 Å². The Hall–Kier alpha value is -1.41. The Morgan fingerprint density at radius 3 is 2.95 bits per heavy atom. The number of hydrogen-bond acceptors (Lipinski definition) is 5. The molecular formula is C13H19BrN4O3. The molecule has 0 aromatic carbocycles. The summed E-state index contributed by atoms with van der Waals surface area (Å²) in [5, 5.41) is 16.5. The average Bonchev–Trinajstić information content (AvgIpc) is 2.44. The van der Waals surface area contributed by atoms with Crippen LogP contribution in [-0.4, -0.2) is 46.5 Å². The van der Waals surface area contributed by atoms with Crippen molar-refractivity contribution in [3.8, 4) is 0 Å². The lowest BCUT2D eigenvalue weighted by Gasteiger charge is -2.35. The second-order valence-corrected chi connectivity index (χ2v) is 6.27. The number of nitrogens with zero attached hydrogens (tertiary/aromatic N) is 3. The third-order valence-electron chi connectivity index (χ3n) is 3.34. The van der Waals surface area contributed by atoms with Crippen LogP contribution in [0.15, 0.2) is 15.5 Å². The number of carboxylic acid groups (broad SMARTS) is 1. The van der Waals surface area contributed by atoms with Crippen LogP contribution in [-0.2, 0) is 11.3 Å². The van der Waals surface area contributed by atoms with E-state index in [2.05, 4.69) is 26.3 Å². The summed E-state index contributed by atoms with van der Waals surface area (Å²) in [6.07, 6.45) is 1.56. The number of hydrogen-bond donors (Lipinski definition) is 2. The average molecular weight is 359 g/mol. The predicted molar refractivity (Wildman–Crippen MR) is 82.7 cm³/mol. The van der Waals surface area contributed by atoms with Gasteiger partial charge in [-0.3, -0.25) is 4.79 Å². The van der Waals surface area contributed by atoms with Crippen molar-refractivity contribution in [2.24, 2.45) is 5.92 Å². The number of carboxylic acids is 1. The monoisotopic (exact) mass is 358 g/mol. The molecule has 1 aromatic rings. The summed E-state index contributed by atoms with van der Waals surface area (Å²) < 4.78 is 1.77. The van der Waals surface area contributed by atoms with Gasteiger partial charge >= 0.3 is 5.97 Å². The Morgan fingerprint density at radius 1 is 1.62 bits per heavy atom. The first-order valence-corrected chi connectivity index (χ1v) is 7.67. The normalized spacial score (nSPS) is 19.0. The minimum Gasteiger partial charge on any atom is -0.480 e. The molecule has 0 saturated carbocycles. The first kappa shape index (κ1) is 16.0. The van der Waals surface area contributed by atoms with Crippen LogP contribution in [0.4, 0.5) is 5.69 Å². The molecule has 0 amide bonds. The molecule has 1 aliphatic rings. The molecule has 1 saturated heterocycles. The first-order chi connectivity index (χ1) is 9.91. The Balaban J connectivity index is 2.37. The Kier molecular flexibility index (Phi) is 5.00. The summed E-state index contributed by atoms with van der Waals surface area (Å²) in [7, 11) is 0. The quantitative estimate of drug-likeness (QED) is 0.815. The molecule has 2 heterocycles. The summed E-state index contributed by atoms with van der Waals surface area (Å²) in [6.45, 7) is 6.08. The third-order valence-corrected chi connectivity index (χ3v) is 4.09. The van der Waals surface area contributed by atoms with Gasteiger partial charge in [-0.05, 0) is 21.8 Å². The number of anilines is 1. The first-order valence-electron chi connectivity index (χ1n) is 6.87. The largest absolute Gasteiger partial charge is 0.480 e. The summed E-state index contributed by atoms with van der Waals surface area (Å²) in [4.78, 5) is 25.4. The fourth-order valence-corrected chi connectivity index (χ4v) is 2.88. The number of rotatable bonds is 4. The highest BCUT2D eigenvalue weighted by atomic mass is 79.9. The van der Waals surface area contributed by atoms with Crippen molar-refractivity contribution in [2.45, 2.75) is 26.4 Å². The van der Waals surface area contributed by atoms with Gasteiger partial charge in [-0.15, -0.1) is 0 Å². The SMILES string of the molecule is CC(C)Cn1ncc(N2CCNCC2C(=O)O)c(Br)c1=O. The number of nitrogens with one attached hydrogen (secondary N) is 1. The number of piperazine rings is 1. The Morgan fingerprint density at radius 2 is 2.33 bits per heavy atom. The maximum Gasteiger partial charge on any atom is 0.327 e. The van der Waals surface area contributed by atoms with Crippen LogP contribution in [0.5, 0.6) is 0 Å². The van der Waals surface area contributed by atoms with Crippen LogP contribution >= 0.6 is 15.9 Å². The summed E-state index contributed by atoms with van der Waals surface area (Å²) >= 11 is 3.30. The standard InChI is InChI=1S/C13H19BrN4O3/c1-8(2)7-18-12(19)11(14)9(6-16-18)17-4-3-15-5-10(17)13(20)21/h6,8,10,15H,3-5,7H2,1-2H3,(H,20,21). The van der Waals surface area contributed by atoms with Gasteiger partial charge in [0.25, 0.3) is 5.56 Å². The third kappa shape index (κ3) is 3.44. The highest BCUT2D eigenvalue weighted by Gasteiger charge is 2.30.